The number of benzene rings is 1. The van der Waals surface area contributed by atoms with Crippen LogP contribution in [0.5, 0.6) is 0 Å². The highest BCUT2D eigenvalue weighted by atomic mass is 19.1. The number of hydrogen-bond acceptors (Lipinski definition) is 4. The number of carbonyl (C=O) groups is 2. The molecule has 140 valence electrons. The van der Waals surface area contributed by atoms with Crippen LogP contribution in [0.4, 0.5) is 4.39 Å². The van der Waals surface area contributed by atoms with Crippen molar-refractivity contribution in [1.82, 2.24) is 9.80 Å². The van der Waals surface area contributed by atoms with Crippen LogP contribution in [0, 0.1) is 5.82 Å². The zero-order valence-corrected chi connectivity index (χ0v) is 15.5. The molecule has 0 bridgehead atoms. The van der Waals surface area contributed by atoms with Crippen molar-refractivity contribution in [3.63, 3.8) is 0 Å². The monoisotopic (exact) mass is 352 g/mol. The predicted octanol–water partition coefficient (Wildman–Crippen LogP) is 2.95. The van der Waals surface area contributed by atoms with Crippen LogP contribution in [0.1, 0.15) is 43.5 Å². The lowest BCUT2D eigenvalue weighted by Crippen LogP contribution is -2.34. The van der Waals surface area contributed by atoms with Crippen LogP contribution in [0.25, 0.3) is 0 Å². The average Bonchev–Trinajstić information content (AvgIpc) is 2.63. The summed E-state index contributed by atoms with van der Waals surface area (Å²) in [4.78, 5) is 28.0. The Morgan fingerprint density at radius 3 is 2.36 bits per heavy atom. The number of amides is 1. The van der Waals surface area contributed by atoms with Crippen molar-refractivity contribution < 1.29 is 18.7 Å². The predicted molar refractivity (Wildman–Crippen MR) is 96.0 cm³/mol. The molecule has 0 radical (unpaired) electrons. The maximum Gasteiger partial charge on any atom is 0.307 e. The van der Waals surface area contributed by atoms with Gasteiger partial charge in [0.2, 0.25) is 0 Å². The molecule has 0 aliphatic heterocycles. The molecule has 0 aliphatic rings. The van der Waals surface area contributed by atoms with E-state index in [0.29, 0.717) is 12.1 Å². The van der Waals surface area contributed by atoms with E-state index in [1.165, 1.54) is 25.3 Å². The van der Waals surface area contributed by atoms with Gasteiger partial charge in [-0.2, -0.15) is 0 Å². The molecule has 1 rings (SSSR count). The molecule has 1 aromatic carbocycles. The third-order valence-electron chi connectivity index (χ3n) is 4.22. The van der Waals surface area contributed by atoms with Gasteiger partial charge in [0, 0.05) is 18.7 Å². The van der Waals surface area contributed by atoms with E-state index < -0.39 is 5.82 Å². The van der Waals surface area contributed by atoms with Crippen molar-refractivity contribution >= 4 is 11.9 Å². The van der Waals surface area contributed by atoms with E-state index in [0.717, 1.165) is 32.5 Å². The summed E-state index contributed by atoms with van der Waals surface area (Å²) in [6.45, 7) is 8.04. The first-order chi connectivity index (χ1) is 12.0. The van der Waals surface area contributed by atoms with E-state index in [4.69, 9.17) is 0 Å². The number of esters is 1. The number of halogens is 1. The van der Waals surface area contributed by atoms with Gasteiger partial charge in [-0.15, -0.1) is 0 Å². The Morgan fingerprint density at radius 2 is 1.76 bits per heavy atom. The Balaban J connectivity index is 2.65. The van der Waals surface area contributed by atoms with Gasteiger partial charge in [-0.05, 0) is 50.7 Å². The van der Waals surface area contributed by atoms with E-state index in [-0.39, 0.29) is 24.8 Å². The Hall–Kier alpha value is -1.95. The molecule has 0 heterocycles. The molecular formula is C19H29FN2O3. The van der Waals surface area contributed by atoms with Crippen LogP contribution in [0.3, 0.4) is 0 Å². The van der Waals surface area contributed by atoms with Crippen LogP contribution >= 0.6 is 0 Å². The lowest BCUT2D eigenvalue weighted by Gasteiger charge is -2.23. The van der Waals surface area contributed by atoms with Crippen molar-refractivity contribution in [2.24, 2.45) is 0 Å². The fourth-order valence-electron chi connectivity index (χ4n) is 2.63. The summed E-state index contributed by atoms with van der Waals surface area (Å²) < 4.78 is 18.0. The standard InChI is InChI=1S/C19H29FN2O3/c1-4-21(5-2)12-6-7-13-22(14-11-18(23)25-3)19(24)16-9-8-10-17(20)15-16/h8-10,15H,4-7,11-14H2,1-3H3. The molecule has 5 nitrogen and oxygen atoms in total. The van der Waals surface area contributed by atoms with E-state index in [1.807, 2.05) is 0 Å². The van der Waals surface area contributed by atoms with Gasteiger partial charge in [0.25, 0.3) is 5.91 Å². The molecule has 0 fully saturated rings. The van der Waals surface area contributed by atoms with Crippen LogP contribution in [-0.4, -0.2) is 61.5 Å². The summed E-state index contributed by atoms with van der Waals surface area (Å²) in [5.41, 5.74) is 0.300. The van der Waals surface area contributed by atoms with Crippen LogP contribution in [0.2, 0.25) is 0 Å². The van der Waals surface area contributed by atoms with Gasteiger partial charge < -0.3 is 14.5 Å². The molecule has 0 spiro atoms. The van der Waals surface area contributed by atoms with Gasteiger partial charge in [-0.25, -0.2) is 4.39 Å². The Morgan fingerprint density at radius 1 is 1.08 bits per heavy atom. The largest absolute Gasteiger partial charge is 0.469 e. The second-order valence-corrected chi connectivity index (χ2v) is 5.86. The maximum absolute atomic E-state index is 13.4. The Kier molecular flexibility index (Phi) is 9.77. The fraction of sp³-hybridized carbons (Fsp3) is 0.579. The van der Waals surface area contributed by atoms with Crippen molar-refractivity contribution in [2.75, 3.05) is 39.8 Å². The minimum atomic E-state index is -0.444. The van der Waals surface area contributed by atoms with Gasteiger partial charge in [0.15, 0.2) is 0 Å². The number of methoxy groups -OCH3 is 1. The molecule has 25 heavy (non-hydrogen) atoms. The zero-order chi connectivity index (χ0) is 18.7. The molecule has 0 saturated carbocycles. The molecule has 1 amide bonds. The molecule has 0 aromatic heterocycles. The molecule has 6 heteroatoms. The third kappa shape index (κ3) is 7.65. The summed E-state index contributed by atoms with van der Waals surface area (Å²) in [5.74, 6) is -1.06. The average molecular weight is 352 g/mol. The lowest BCUT2D eigenvalue weighted by atomic mass is 10.1. The Labute approximate surface area is 149 Å². The van der Waals surface area contributed by atoms with Crippen molar-refractivity contribution in [3.8, 4) is 0 Å². The molecule has 0 atom stereocenters. The first-order valence-electron chi connectivity index (χ1n) is 8.85. The fourth-order valence-corrected chi connectivity index (χ4v) is 2.63. The van der Waals surface area contributed by atoms with E-state index in [2.05, 4.69) is 23.5 Å². The maximum atomic E-state index is 13.4. The second-order valence-electron chi connectivity index (χ2n) is 5.86. The van der Waals surface area contributed by atoms with Crippen LogP contribution in [-0.2, 0) is 9.53 Å². The van der Waals surface area contributed by atoms with Gasteiger partial charge >= 0.3 is 5.97 Å². The number of hydrogen-bond donors (Lipinski definition) is 0. The van der Waals surface area contributed by atoms with Gasteiger partial charge in [-0.1, -0.05) is 19.9 Å². The van der Waals surface area contributed by atoms with Crippen molar-refractivity contribution in [2.45, 2.75) is 33.1 Å². The smallest absolute Gasteiger partial charge is 0.307 e. The van der Waals surface area contributed by atoms with Crippen LogP contribution < -0.4 is 0 Å². The molecule has 0 saturated heterocycles. The molecule has 1 aromatic rings. The number of ether oxygens (including phenoxy) is 1. The summed E-state index contributed by atoms with van der Waals surface area (Å²) in [6, 6.07) is 5.64. The SMILES string of the molecule is CCN(CC)CCCCN(CCC(=O)OC)C(=O)c1cccc(F)c1. The van der Waals surface area contributed by atoms with Crippen molar-refractivity contribution in [3.05, 3.63) is 35.6 Å². The lowest BCUT2D eigenvalue weighted by molar-refractivity contribution is -0.140. The van der Waals surface area contributed by atoms with E-state index >= 15 is 0 Å². The molecular weight excluding hydrogens is 323 g/mol. The zero-order valence-electron chi connectivity index (χ0n) is 15.5. The van der Waals surface area contributed by atoms with Crippen molar-refractivity contribution in [1.29, 1.82) is 0 Å². The van der Waals surface area contributed by atoms with Gasteiger partial charge in [-0.3, -0.25) is 9.59 Å². The summed E-state index contributed by atoms with van der Waals surface area (Å²) >= 11 is 0. The highest BCUT2D eigenvalue weighted by Crippen LogP contribution is 2.10. The number of nitrogens with zero attached hydrogens (tertiary/aromatic N) is 2. The summed E-state index contributed by atoms with van der Waals surface area (Å²) in [6.07, 6.45) is 1.93. The normalized spacial score (nSPS) is 10.8. The number of rotatable bonds is 11. The Bertz CT molecular complexity index is 547. The minimum absolute atomic E-state index is 0.133. The topological polar surface area (TPSA) is 49.9 Å². The van der Waals surface area contributed by atoms with E-state index in [1.54, 1.807) is 11.0 Å². The number of carbonyl (C=O) groups excluding carboxylic acids is 2. The third-order valence-corrected chi connectivity index (χ3v) is 4.22. The summed E-state index contributed by atoms with van der Waals surface area (Å²) in [7, 11) is 1.32. The quantitative estimate of drug-likeness (QED) is 0.454. The highest BCUT2D eigenvalue weighted by Gasteiger charge is 2.17. The molecule has 0 unspecified atom stereocenters. The number of unbranched alkanes of at least 4 members (excludes halogenated alkanes) is 1. The molecule has 0 aliphatic carbocycles. The van der Waals surface area contributed by atoms with Crippen LogP contribution in [0.15, 0.2) is 24.3 Å². The second kappa shape index (κ2) is 11.6. The minimum Gasteiger partial charge on any atom is -0.469 e. The van der Waals surface area contributed by atoms with Gasteiger partial charge in [0.05, 0.1) is 13.5 Å². The highest BCUT2D eigenvalue weighted by molar-refractivity contribution is 5.94. The van der Waals surface area contributed by atoms with E-state index in [9.17, 15) is 14.0 Å². The first-order valence-corrected chi connectivity index (χ1v) is 8.85. The summed E-state index contributed by atoms with van der Waals surface area (Å²) in [5, 5.41) is 0. The molecule has 0 N–H and O–H groups in total. The van der Waals surface area contributed by atoms with Gasteiger partial charge in [0.1, 0.15) is 5.82 Å². The first kappa shape index (κ1) is 21.1.